The minimum atomic E-state index is -1.38. The fourth-order valence-electron chi connectivity index (χ4n) is 11.4. The molecule has 30 nitrogen and oxygen atoms in total. The molecule has 12 rings (SSSR count). The number of aliphatic hydroxyl groups excluding tert-OH is 12. The van der Waals surface area contributed by atoms with E-state index >= 15 is 0 Å². The van der Waals surface area contributed by atoms with Gasteiger partial charge in [-0.15, -0.1) is 0 Å². The maximum absolute atomic E-state index is 10.7. The molecule has 8 saturated carbocycles. The summed E-state index contributed by atoms with van der Waals surface area (Å²) in [5.41, 5.74) is 46.3. The maximum Gasteiger partial charge on any atom is 0.371 e. The number of Topliss-reactive ketones (excluding diaryl/α,β-unsaturated/α-hetero) is 6. The number of rotatable bonds is 10. The third-order valence-corrected chi connectivity index (χ3v) is 18.2. The molecule has 0 radical (unpaired) electrons. The van der Waals surface area contributed by atoms with Crippen molar-refractivity contribution in [2.75, 3.05) is 0 Å². The molecule has 8 aliphatic carbocycles. The van der Waals surface area contributed by atoms with Crippen molar-refractivity contribution in [1.82, 2.24) is 0 Å². The Labute approximate surface area is 675 Å². The second-order valence-corrected chi connectivity index (χ2v) is 29.2. The van der Waals surface area contributed by atoms with Crippen LogP contribution in [-0.4, -0.2) is 215 Å². The molecule has 8 unspecified atom stereocenters. The van der Waals surface area contributed by atoms with Crippen LogP contribution in [0, 0.1) is 0 Å². The van der Waals surface area contributed by atoms with Crippen LogP contribution in [0.1, 0.15) is 257 Å². The van der Waals surface area contributed by atoms with Crippen molar-refractivity contribution < 1.29 is 110 Å². The van der Waals surface area contributed by atoms with Crippen LogP contribution in [0.4, 0.5) is 0 Å². The second kappa shape index (κ2) is 66.1. The molecule has 0 spiro atoms. The van der Waals surface area contributed by atoms with Crippen LogP contribution in [0.3, 0.4) is 0 Å². The number of carboxylic acid groups (broad SMARTS) is 2. The first-order chi connectivity index (χ1) is 52.4. The largest absolute Gasteiger partial charge is 0.476 e. The minimum absolute atomic E-state index is 0. The number of carboxylic acids is 2. The number of aliphatic carboxylic acids is 2. The Morgan fingerprint density at radius 1 is 0.246 bits per heavy atom. The van der Waals surface area contributed by atoms with Gasteiger partial charge in [0.25, 0.3) is 0 Å². The summed E-state index contributed by atoms with van der Waals surface area (Å²) in [5, 5.41) is 123. The van der Waals surface area contributed by atoms with Crippen LogP contribution in [0.2, 0.25) is 0 Å². The lowest BCUT2D eigenvalue weighted by atomic mass is 10.1. The van der Waals surface area contributed by atoms with Crippen molar-refractivity contribution >= 4 is 46.6 Å². The molecule has 0 aromatic heterocycles. The quantitative estimate of drug-likeness (QED) is 0.0957. The molecule has 4 aromatic carbocycles. The van der Waals surface area contributed by atoms with Crippen molar-refractivity contribution in [3.63, 3.8) is 0 Å². The number of aliphatic hydroxyl groups is 12. The zero-order valence-corrected chi connectivity index (χ0v) is 66.2. The molecule has 0 heterocycles. The molecule has 20 atom stereocenters. The summed E-state index contributed by atoms with van der Waals surface area (Å²) in [6.45, 7) is 7.50. The van der Waals surface area contributed by atoms with E-state index in [1.807, 2.05) is 24.3 Å². The van der Waals surface area contributed by atoms with E-state index < -0.39 is 47.9 Å². The van der Waals surface area contributed by atoms with E-state index in [0.717, 1.165) is 168 Å². The molecule has 4 aromatic rings. The summed E-state index contributed by atoms with van der Waals surface area (Å²) < 4.78 is 0. The van der Waals surface area contributed by atoms with Gasteiger partial charge in [0, 0.05) is 62.2 Å². The highest BCUT2D eigenvalue weighted by Gasteiger charge is 2.24. The van der Waals surface area contributed by atoms with Crippen LogP contribution in [0.25, 0.3) is 0 Å². The summed E-state index contributed by atoms with van der Waals surface area (Å²) in [6, 6.07) is 37.7. The molecule has 0 saturated heterocycles. The van der Waals surface area contributed by atoms with Crippen molar-refractivity contribution in [1.29, 1.82) is 0 Å². The number of benzene rings is 4. The minimum Gasteiger partial charge on any atom is -0.476 e. The number of hydrogen-bond donors (Lipinski definition) is 22. The van der Waals surface area contributed by atoms with Gasteiger partial charge in [-0.05, 0) is 204 Å². The van der Waals surface area contributed by atoms with E-state index in [0.29, 0.717) is 22.3 Å². The van der Waals surface area contributed by atoms with E-state index in [4.69, 9.17) is 96.9 Å². The van der Waals surface area contributed by atoms with Gasteiger partial charge in [0.1, 0.15) is 24.4 Å². The van der Waals surface area contributed by atoms with Crippen LogP contribution >= 0.6 is 0 Å². The average molecular weight is 1620 g/mol. The van der Waals surface area contributed by atoms with Gasteiger partial charge in [-0.2, -0.15) is 0 Å². The fraction of sp³-hybridized carbons (Fsp3) is 0.619. The Kier molecular flexibility index (Phi) is 65.7. The van der Waals surface area contributed by atoms with E-state index in [1.165, 1.54) is 27.7 Å². The van der Waals surface area contributed by atoms with Gasteiger partial charge in [-0.1, -0.05) is 136 Å². The predicted molar refractivity (Wildman–Crippen MR) is 441 cm³/mol. The highest BCUT2D eigenvalue weighted by atomic mass is 16.4. The molecule has 114 heavy (non-hydrogen) atoms. The molecule has 30 N–H and O–H groups in total. The van der Waals surface area contributed by atoms with Gasteiger partial charge in [-0.25, -0.2) is 9.59 Å². The van der Waals surface area contributed by atoms with E-state index in [9.17, 15) is 58.8 Å². The Morgan fingerprint density at radius 2 is 0.351 bits per heavy atom. The lowest BCUT2D eigenvalue weighted by molar-refractivity contribution is -0.148. The first kappa shape index (κ1) is 113. The molecule has 30 heteroatoms. The van der Waals surface area contributed by atoms with Gasteiger partial charge >= 0.3 is 11.9 Å². The summed E-state index contributed by atoms with van der Waals surface area (Å²) in [5.74, 6) is -5.31. The normalized spacial score (nSPS) is 26.3. The van der Waals surface area contributed by atoms with Gasteiger partial charge in [0.05, 0.1) is 48.8 Å². The smallest absolute Gasteiger partial charge is 0.371 e. The van der Waals surface area contributed by atoms with Crippen LogP contribution in [-0.2, 0) is 38.4 Å². The Hall–Kier alpha value is -6.96. The van der Waals surface area contributed by atoms with Gasteiger partial charge < -0.3 is 117 Å². The Bertz CT molecular complexity index is 2610. The Morgan fingerprint density at radius 3 is 0.404 bits per heavy atom. The van der Waals surface area contributed by atoms with Crippen molar-refractivity contribution in [3.8, 4) is 0 Å². The zero-order chi connectivity index (χ0) is 85.6. The summed E-state index contributed by atoms with van der Waals surface area (Å²) in [6.07, 6.45) is 17.0. The number of ketones is 6. The first-order valence-electron chi connectivity index (χ1n) is 38.4. The van der Waals surface area contributed by atoms with Crippen LogP contribution in [0.15, 0.2) is 121 Å². The Balaban J connectivity index is -0.000000574. The highest BCUT2D eigenvalue weighted by molar-refractivity contribution is 6.31. The summed E-state index contributed by atoms with van der Waals surface area (Å²) in [7, 11) is 0. The molecule has 0 aliphatic heterocycles. The number of hydrogen-bond acceptors (Lipinski definition) is 28. The van der Waals surface area contributed by atoms with Crippen molar-refractivity contribution in [2.45, 2.75) is 332 Å². The first-order valence-corrected chi connectivity index (χ1v) is 38.4. The molecule has 652 valence electrons. The highest BCUT2D eigenvalue weighted by Crippen LogP contribution is 2.22. The van der Waals surface area contributed by atoms with Gasteiger partial charge in [-0.3, -0.25) is 28.8 Å². The van der Waals surface area contributed by atoms with Gasteiger partial charge in [0.2, 0.25) is 11.6 Å². The van der Waals surface area contributed by atoms with Crippen LogP contribution < -0.4 is 45.9 Å². The third kappa shape index (κ3) is 60.5. The van der Waals surface area contributed by atoms with E-state index in [1.54, 1.807) is 97.1 Å². The molecule has 8 fully saturated rings. The summed E-state index contributed by atoms with van der Waals surface area (Å²) >= 11 is 0. The molecular formula is C84H144N8O22. The topological polar surface area (TPSA) is 628 Å². The fourth-order valence-corrected chi connectivity index (χ4v) is 11.4. The van der Waals surface area contributed by atoms with E-state index in [2.05, 4.69) is 0 Å². The number of nitrogens with two attached hydrogens (primary N) is 8. The molecule has 0 bridgehead atoms. The predicted octanol–water partition coefficient (Wildman–Crippen LogP) is 4.70. The average Bonchev–Trinajstić information content (AvgIpc) is 1.91. The number of carbonyl (C=O) groups excluding carboxylic acids is 6. The van der Waals surface area contributed by atoms with Crippen molar-refractivity contribution in [3.05, 3.63) is 144 Å². The van der Waals surface area contributed by atoms with Crippen molar-refractivity contribution in [2.24, 2.45) is 45.9 Å². The van der Waals surface area contributed by atoms with E-state index in [-0.39, 0.29) is 135 Å². The maximum atomic E-state index is 10.7. The molecule has 0 amide bonds. The number of carbonyl (C=O) groups is 8. The zero-order valence-electron chi connectivity index (χ0n) is 66.2. The lowest BCUT2D eigenvalue weighted by Crippen LogP contribution is -2.15. The monoisotopic (exact) mass is 1620 g/mol. The van der Waals surface area contributed by atoms with Gasteiger partial charge in [0.15, 0.2) is 23.1 Å². The van der Waals surface area contributed by atoms with Crippen LogP contribution in [0.5, 0.6) is 0 Å². The molecular weight excluding hydrogens is 1470 g/mol. The standard InChI is InChI=1S/4C9H10O2.8C5H11NO.2C3H4O3.2CH4/c4*1-7(10)9(11)8-5-3-2-4-6-8;8*6-4-1-2-5(7)3-4;2*1-2(4)3(5)6;;/h4*2-6,9,11H,1H3;8*4-5,7H,1-3,6H2;2*1H3,(H,5,6);2*1H4/t4*9-;4*4-,5+;;;;;;;;/m11000000......../s1. The molecule has 8 aliphatic rings. The lowest BCUT2D eigenvalue weighted by Gasteiger charge is -2.04. The summed E-state index contributed by atoms with van der Waals surface area (Å²) in [4.78, 5) is 80.6. The SMILES string of the molecule is C.C.CC(=O)C(=O)O.CC(=O)C(=O)O.CC(=O)[C@@H](O)c1ccccc1.CC(=O)[C@@H](O)c1ccccc1.CC(=O)[C@H](O)c1ccccc1.CC(=O)[C@H](O)c1ccccc1.NC1CCC(O)C1.NC1CCC(O)C1.NC1CCC(O)C1.NC1CCC(O)C1.N[C@H]1CC[C@@H](O)C1.N[C@H]1CC[C@@H](O)C1.N[C@H]1CC[C@@H](O)C1.N[C@H]1CC[C@@H](O)C1. The third-order valence-electron chi connectivity index (χ3n) is 18.2. The second-order valence-electron chi connectivity index (χ2n) is 29.2.